The topological polar surface area (TPSA) is 57.5 Å². The summed E-state index contributed by atoms with van der Waals surface area (Å²) in [6.45, 7) is 16.6. The summed E-state index contributed by atoms with van der Waals surface area (Å²) in [6.07, 6.45) is 11.4. The number of Topliss-reactive ketones (excluding diaryl/α,β-unsaturated/α-hetero) is 1. The lowest BCUT2D eigenvalue weighted by Gasteiger charge is -2.69. The second-order valence-corrected chi connectivity index (χ2v) is 15.0. The van der Waals surface area contributed by atoms with Gasteiger partial charge in [0.1, 0.15) is 5.78 Å². The first kappa shape index (κ1) is 24.0. The Bertz CT molecular complexity index is 889. The van der Waals surface area contributed by atoms with E-state index in [1.807, 2.05) is 0 Å². The van der Waals surface area contributed by atoms with E-state index in [0.717, 1.165) is 51.4 Å². The average Bonchev–Trinajstić information content (AvgIpc) is 2.72. The van der Waals surface area contributed by atoms with E-state index >= 15 is 0 Å². The molecule has 186 valence electrons. The zero-order valence-corrected chi connectivity index (χ0v) is 22.3. The fraction of sp³-hybridized carbons (Fsp3) is 0.900. The Hall–Kier alpha value is -0.670. The van der Waals surface area contributed by atoms with Crippen molar-refractivity contribution in [3.63, 3.8) is 0 Å². The van der Waals surface area contributed by atoms with E-state index in [2.05, 4.69) is 54.5 Å². The highest BCUT2D eigenvalue weighted by molar-refractivity contribution is 5.88. The first-order chi connectivity index (χ1) is 15.2. The highest BCUT2D eigenvalue weighted by Crippen LogP contribution is 2.74. The minimum absolute atomic E-state index is 0.0388. The molecular weight excluding hydrogens is 408 g/mol. The Morgan fingerprint density at radius 2 is 1.55 bits per heavy atom. The minimum Gasteiger partial charge on any atom is -0.396 e. The van der Waals surface area contributed by atoms with Crippen LogP contribution in [-0.4, -0.2) is 28.7 Å². The van der Waals surface area contributed by atoms with Gasteiger partial charge in [0, 0.05) is 22.7 Å². The maximum Gasteiger partial charge on any atom is 0.140 e. The number of ketones is 1. The molecule has 0 radical (unpaired) electrons. The standard InChI is InChI=1S/C30H48O3/c1-25(2)16-24(33)29(6)15-10-19-20(30(29,7)17-25)8-9-21-26(19,3)13-11-22-27(21,4)14-12-23(32)28(22,5)18-31/h8,19,21-23,31-32H,9-18H2,1-7H3/t19-,21+,22+,23+,26+,27-,28-,29+,30+/m1/s1. The molecule has 0 heterocycles. The lowest BCUT2D eigenvalue weighted by atomic mass is 9.35. The zero-order chi connectivity index (χ0) is 24.2. The maximum atomic E-state index is 13.5. The van der Waals surface area contributed by atoms with E-state index < -0.39 is 11.5 Å². The second kappa shape index (κ2) is 6.96. The van der Waals surface area contributed by atoms with Gasteiger partial charge in [-0.3, -0.25) is 4.79 Å². The summed E-state index contributed by atoms with van der Waals surface area (Å²) in [5.41, 5.74) is 1.41. The van der Waals surface area contributed by atoms with Crippen LogP contribution in [0.1, 0.15) is 106 Å². The number of fused-ring (bicyclic) bond motifs is 7. The lowest BCUT2D eigenvalue weighted by molar-refractivity contribution is -0.203. The van der Waals surface area contributed by atoms with E-state index in [0.29, 0.717) is 23.5 Å². The number of aliphatic hydroxyl groups excluding tert-OH is 2. The Morgan fingerprint density at radius 1 is 0.879 bits per heavy atom. The fourth-order valence-corrected chi connectivity index (χ4v) is 10.8. The first-order valence-electron chi connectivity index (χ1n) is 13.7. The van der Waals surface area contributed by atoms with Crippen LogP contribution >= 0.6 is 0 Å². The molecule has 0 aliphatic heterocycles. The van der Waals surface area contributed by atoms with Crippen molar-refractivity contribution in [3.8, 4) is 0 Å². The number of hydrogen-bond acceptors (Lipinski definition) is 3. The summed E-state index contributed by atoms with van der Waals surface area (Å²) in [4.78, 5) is 13.5. The summed E-state index contributed by atoms with van der Waals surface area (Å²) < 4.78 is 0. The highest BCUT2D eigenvalue weighted by Gasteiger charge is 2.68. The van der Waals surface area contributed by atoms with Crippen LogP contribution in [0.5, 0.6) is 0 Å². The van der Waals surface area contributed by atoms with Gasteiger partial charge < -0.3 is 10.2 Å². The third-order valence-electron chi connectivity index (χ3n) is 12.8. The number of carbonyl (C=O) groups excluding carboxylic acids is 1. The molecule has 4 fully saturated rings. The van der Waals surface area contributed by atoms with Crippen LogP contribution in [0.3, 0.4) is 0 Å². The SMILES string of the molecule is CC1(C)CC(=O)[C@]2(C)CC[C@@H]3C(=CC[C@@H]4[C@@]5(C)CC[C@H](O)[C@](C)(CO)[C@H]5CC[C@]43C)[C@]2(C)C1. The smallest absolute Gasteiger partial charge is 0.140 e. The first-order valence-corrected chi connectivity index (χ1v) is 13.7. The van der Waals surface area contributed by atoms with Crippen molar-refractivity contribution in [3.05, 3.63) is 11.6 Å². The summed E-state index contributed by atoms with van der Waals surface area (Å²) >= 11 is 0. The molecule has 2 N–H and O–H groups in total. The van der Waals surface area contributed by atoms with Gasteiger partial charge in [-0.05, 0) is 85.4 Å². The van der Waals surface area contributed by atoms with Crippen LogP contribution in [0.2, 0.25) is 0 Å². The van der Waals surface area contributed by atoms with E-state index in [9.17, 15) is 15.0 Å². The lowest BCUT2D eigenvalue weighted by Crippen LogP contribution is -2.64. The van der Waals surface area contributed by atoms with Gasteiger partial charge in [0.2, 0.25) is 0 Å². The highest BCUT2D eigenvalue weighted by atomic mass is 16.3. The molecule has 0 unspecified atom stereocenters. The molecule has 0 bridgehead atoms. The Morgan fingerprint density at radius 3 is 2.21 bits per heavy atom. The normalized spacial score (nSPS) is 55.5. The van der Waals surface area contributed by atoms with E-state index in [1.165, 1.54) is 6.42 Å². The molecule has 9 atom stereocenters. The van der Waals surface area contributed by atoms with Gasteiger partial charge in [-0.25, -0.2) is 0 Å². The second-order valence-electron chi connectivity index (χ2n) is 15.0. The van der Waals surface area contributed by atoms with Crippen LogP contribution in [-0.2, 0) is 4.79 Å². The van der Waals surface area contributed by atoms with Crippen LogP contribution in [0.4, 0.5) is 0 Å². The molecule has 0 aromatic carbocycles. The molecule has 0 amide bonds. The predicted octanol–water partition coefficient (Wildman–Crippen LogP) is 6.32. The molecule has 3 nitrogen and oxygen atoms in total. The Kier molecular flexibility index (Phi) is 5.07. The van der Waals surface area contributed by atoms with Crippen LogP contribution < -0.4 is 0 Å². The van der Waals surface area contributed by atoms with Gasteiger partial charge in [-0.1, -0.05) is 60.1 Å². The number of aliphatic hydroxyl groups is 2. The van der Waals surface area contributed by atoms with Gasteiger partial charge in [0.05, 0.1) is 12.7 Å². The number of carbonyl (C=O) groups is 1. The van der Waals surface area contributed by atoms with Crippen LogP contribution in [0.15, 0.2) is 11.6 Å². The van der Waals surface area contributed by atoms with Crippen molar-refractivity contribution in [1.29, 1.82) is 0 Å². The third kappa shape index (κ3) is 2.85. The largest absolute Gasteiger partial charge is 0.396 e. The third-order valence-corrected chi connectivity index (χ3v) is 12.8. The molecule has 0 aromatic heterocycles. The fourth-order valence-electron chi connectivity index (χ4n) is 10.8. The molecule has 0 saturated heterocycles. The summed E-state index contributed by atoms with van der Waals surface area (Å²) in [6, 6.07) is 0. The number of rotatable bonds is 1. The van der Waals surface area contributed by atoms with Crippen LogP contribution in [0, 0.1) is 50.2 Å². The zero-order valence-electron chi connectivity index (χ0n) is 22.3. The summed E-state index contributed by atoms with van der Waals surface area (Å²) in [7, 11) is 0. The molecule has 5 aliphatic rings. The molecule has 33 heavy (non-hydrogen) atoms. The van der Waals surface area contributed by atoms with Gasteiger partial charge in [0.25, 0.3) is 0 Å². The van der Waals surface area contributed by atoms with Crippen molar-refractivity contribution in [2.45, 2.75) is 112 Å². The van der Waals surface area contributed by atoms with Gasteiger partial charge >= 0.3 is 0 Å². The summed E-state index contributed by atoms with van der Waals surface area (Å²) in [5.74, 6) is 1.99. The van der Waals surface area contributed by atoms with Crippen molar-refractivity contribution < 1.29 is 15.0 Å². The maximum absolute atomic E-state index is 13.5. The quantitative estimate of drug-likeness (QED) is 0.454. The van der Waals surface area contributed by atoms with Crippen molar-refractivity contribution in [1.82, 2.24) is 0 Å². The van der Waals surface area contributed by atoms with Crippen LogP contribution in [0.25, 0.3) is 0 Å². The molecule has 0 aromatic rings. The molecular formula is C30H48O3. The number of allylic oxidation sites excluding steroid dienone is 2. The number of hydrogen-bond donors (Lipinski definition) is 2. The van der Waals surface area contributed by atoms with Gasteiger partial charge in [-0.15, -0.1) is 0 Å². The van der Waals surface area contributed by atoms with E-state index in [4.69, 9.17) is 0 Å². The van der Waals surface area contributed by atoms with Gasteiger partial charge in [-0.2, -0.15) is 0 Å². The average molecular weight is 457 g/mol. The molecule has 5 aliphatic carbocycles. The van der Waals surface area contributed by atoms with E-state index in [1.54, 1.807) is 5.57 Å². The minimum atomic E-state index is -0.399. The molecule has 0 spiro atoms. The van der Waals surface area contributed by atoms with Crippen molar-refractivity contribution in [2.24, 2.45) is 50.2 Å². The monoisotopic (exact) mass is 456 g/mol. The molecule has 5 rings (SSSR count). The molecule has 4 saturated carbocycles. The van der Waals surface area contributed by atoms with E-state index in [-0.39, 0.29) is 33.7 Å². The van der Waals surface area contributed by atoms with Gasteiger partial charge in [0.15, 0.2) is 0 Å². The predicted molar refractivity (Wildman–Crippen MR) is 133 cm³/mol. The van der Waals surface area contributed by atoms with Crippen molar-refractivity contribution >= 4 is 5.78 Å². The Balaban J connectivity index is 1.58. The summed E-state index contributed by atoms with van der Waals surface area (Å²) in [5, 5.41) is 21.3. The van der Waals surface area contributed by atoms with Crippen molar-refractivity contribution in [2.75, 3.05) is 6.61 Å². The molecule has 3 heteroatoms. The Labute approximate surface area is 201 Å².